The van der Waals surface area contributed by atoms with Crippen molar-refractivity contribution in [3.8, 4) is 0 Å². The van der Waals surface area contributed by atoms with Crippen LogP contribution in [0.15, 0.2) is 0 Å². The van der Waals surface area contributed by atoms with E-state index < -0.39 is 0 Å². The van der Waals surface area contributed by atoms with Crippen molar-refractivity contribution in [1.82, 2.24) is 10.6 Å². The molecular formula is C10H19ClN2O2. The molecule has 0 aromatic carbocycles. The monoisotopic (exact) mass is 234 g/mol. The summed E-state index contributed by atoms with van der Waals surface area (Å²) in [5.74, 6) is 0.117. The van der Waals surface area contributed by atoms with E-state index in [2.05, 4.69) is 10.6 Å². The maximum absolute atomic E-state index is 12.1. The minimum Gasteiger partial charge on any atom is -0.353 e. The Bertz CT molecular complexity index is 240. The highest BCUT2D eigenvalue weighted by Gasteiger charge is 2.38. The molecule has 1 aliphatic rings. The van der Waals surface area contributed by atoms with E-state index in [0.29, 0.717) is 6.54 Å². The van der Waals surface area contributed by atoms with Crippen molar-refractivity contribution < 1.29 is 9.53 Å². The van der Waals surface area contributed by atoms with Crippen molar-refractivity contribution in [3.63, 3.8) is 0 Å². The van der Waals surface area contributed by atoms with Crippen LogP contribution < -0.4 is 10.6 Å². The summed E-state index contributed by atoms with van der Waals surface area (Å²) in [5.41, 5.74) is -0.388. The fraction of sp³-hybridized carbons (Fsp3) is 0.900. The predicted molar refractivity (Wildman–Crippen MR) is 59.8 cm³/mol. The zero-order valence-electron chi connectivity index (χ0n) is 9.63. The minimum atomic E-state index is -0.388. The summed E-state index contributed by atoms with van der Waals surface area (Å²) in [4.78, 5) is 12.1. The fourth-order valence-corrected chi connectivity index (χ4v) is 1.80. The summed E-state index contributed by atoms with van der Waals surface area (Å²) < 4.78 is 5.10. The van der Waals surface area contributed by atoms with Crippen LogP contribution in [0.2, 0.25) is 0 Å². The molecule has 1 saturated heterocycles. The van der Waals surface area contributed by atoms with Crippen LogP contribution in [0.3, 0.4) is 0 Å². The van der Waals surface area contributed by atoms with Crippen LogP contribution >= 0.6 is 11.6 Å². The highest BCUT2D eigenvalue weighted by Crippen LogP contribution is 2.21. The first-order valence-electron chi connectivity index (χ1n) is 5.07. The molecule has 1 aliphatic heterocycles. The molecule has 88 valence electrons. The predicted octanol–water partition coefficient (Wildman–Crippen LogP) is 0.700. The van der Waals surface area contributed by atoms with Crippen LogP contribution in [0.4, 0.5) is 0 Å². The van der Waals surface area contributed by atoms with Gasteiger partial charge in [-0.05, 0) is 0 Å². The van der Waals surface area contributed by atoms with Crippen LogP contribution in [0.25, 0.3) is 0 Å². The highest BCUT2D eigenvalue weighted by atomic mass is 35.5. The number of ether oxygens (including phenoxy) is 1. The summed E-state index contributed by atoms with van der Waals surface area (Å²) in [5, 5.41) is 5.85. The third-order valence-corrected chi connectivity index (χ3v) is 2.85. The number of carbonyl (C=O) groups is 1. The van der Waals surface area contributed by atoms with Crippen molar-refractivity contribution in [3.05, 3.63) is 0 Å². The zero-order chi connectivity index (χ0) is 11.6. The van der Waals surface area contributed by atoms with E-state index in [1.165, 1.54) is 0 Å². The minimum absolute atomic E-state index is 0.117. The third kappa shape index (κ3) is 3.14. The molecule has 5 heteroatoms. The number of hydrogen-bond donors (Lipinski definition) is 2. The van der Waals surface area contributed by atoms with Gasteiger partial charge < -0.3 is 4.74 Å². The maximum atomic E-state index is 12.1. The Labute approximate surface area is 95.7 Å². The Kier molecular flexibility index (Phi) is 4.12. The van der Waals surface area contributed by atoms with Gasteiger partial charge in [-0.3, -0.25) is 15.4 Å². The Morgan fingerprint density at radius 3 is 2.53 bits per heavy atom. The van der Waals surface area contributed by atoms with E-state index in [4.69, 9.17) is 16.3 Å². The Morgan fingerprint density at radius 2 is 2.07 bits per heavy atom. The molecule has 0 saturated carbocycles. The van der Waals surface area contributed by atoms with Gasteiger partial charge in [0.1, 0.15) is 0 Å². The van der Waals surface area contributed by atoms with Gasteiger partial charge in [0.05, 0.1) is 11.4 Å². The van der Waals surface area contributed by atoms with Crippen molar-refractivity contribution in [1.29, 1.82) is 0 Å². The maximum Gasteiger partial charge on any atom is 0.163 e. The molecule has 1 fully saturated rings. The average molecular weight is 235 g/mol. The van der Waals surface area contributed by atoms with Gasteiger partial charge in [0.2, 0.25) is 0 Å². The number of hydrogen-bond acceptors (Lipinski definition) is 4. The van der Waals surface area contributed by atoms with Gasteiger partial charge in [-0.2, -0.15) is 0 Å². The molecule has 0 spiro atoms. The highest BCUT2D eigenvalue weighted by molar-refractivity contribution is 6.23. The van der Waals surface area contributed by atoms with Gasteiger partial charge in [0.15, 0.2) is 12.1 Å². The number of halogens is 1. The molecule has 3 atom stereocenters. The Balaban J connectivity index is 2.70. The molecule has 4 nitrogen and oxygen atoms in total. The van der Waals surface area contributed by atoms with E-state index in [0.717, 1.165) is 0 Å². The molecule has 0 bridgehead atoms. The van der Waals surface area contributed by atoms with Crippen LogP contribution in [0.1, 0.15) is 20.8 Å². The zero-order valence-corrected chi connectivity index (χ0v) is 10.4. The number of nitrogens with one attached hydrogen (secondary N) is 2. The second kappa shape index (κ2) is 4.78. The lowest BCUT2D eigenvalue weighted by Crippen LogP contribution is -2.64. The van der Waals surface area contributed by atoms with E-state index in [-0.39, 0.29) is 29.0 Å². The van der Waals surface area contributed by atoms with Crippen molar-refractivity contribution >= 4 is 17.4 Å². The van der Waals surface area contributed by atoms with Crippen LogP contribution in [0, 0.1) is 5.41 Å². The van der Waals surface area contributed by atoms with E-state index >= 15 is 0 Å². The van der Waals surface area contributed by atoms with Gasteiger partial charge >= 0.3 is 0 Å². The number of methoxy groups -OCH3 is 1. The van der Waals surface area contributed by atoms with Gasteiger partial charge in [-0.15, -0.1) is 11.6 Å². The summed E-state index contributed by atoms with van der Waals surface area (Å²) in [7, 11) is 1.58. The van der Waals surface area contributed by atoms with Gasteiger partial charge in [-0.1, -0.05) is 20.8 Å². The molecule has 0 aromatic heterocycles. The lowest BCUT2D eigenvalue weighted by molar-refractivity contribution is -0.131. The topological polar surface area (TPSA) is 50.4 Å². The quantitative estimate of drug-likeness (QED) is 0.691. The number of ketones is 1. The van der Waals surface area contributed by atoms with Crippen LogP contribution in [-0.4, -0.2) is 37.2 Å². The van der Waals surface area contributed by atoms with Crippen molar-refractivity contribution in [2.45, 2.75) is 38.5 Å². The van der Waals surface area contributed by atoms with Gasteiger partial charge in [0.25, 0.3) is 0 Å². The molecule has 0 radical (unpaired) electrons. The Hall–Kier alpha value is -0.160. The first kappa shape index (κ1) is 12.9. The van der Waals surface area contributed by atoms with Crippen molar-refractivity contribution in [2.75, 3.05) is 13.7 Å². The standard InChI is InChI=1S/C10H19ClN2O2/c1-10(2,3)8(14)7-6(11)5-12-9(13-7)15-4/h6-7,9,12-13H,5H2,1-4H3. The summed E-state index contributed by atoms with van der Waals surface area (Å²) >= 11 is 6.10. The van der Waals surface area contributed by atoms with Gasteiger partial charge in [0, 0.05) is 19.1 Å². The largest absolute Gasteiger partial charge is 0.353 e. The average Bonchev–Trinajstić information content (AvgIpc) is 2.16. The van der Waals surface area contributed by atoms with E-state index in [1.807, 2.05) is 20.8 Å². The molecule has 1 heterocycles. The van der Waals surface area contributed by atoms with Crippen LogP contribution in [0.5, 0.6) is 0 Å². The molecule has 15 heavy (non-hydrogen) atoms. The summed E-state index contributed by atoms with van der Waals surface area (Å²) in [6.45, 7) is 6.25. The molecule has 0 aromatic rings. The van der Waals surface area contributed by atoms with E-state index in [9.17, 15) is 4.79 Å². The second-order valence-corrected chi connectivity index (χ2v) is 5.36. The molecule has 0 aliphatic carbocycles. The normalized spacial score (nSPS) is 32.7. The lowest BCUT2D eigenvalue weighted by atomic mass is 9.85. The number of rotatable bonds is 2. The fourth-order valence-electron chi connectivity index (χ4n) is 1.52. The summed E-state index contributed by atoms with van der Waals surface area (Å²) in [6, 6.07) is -0.349. The summed E-state index contributed by atoms with van der Waals surface area (Å²) in [6.07, 6.45) is -0.295. The number of carbonyl (C=O) groups excluding carboxylic acids is 1. The smallest absolute Gasteiger partial charge is 0.163 e. The molecule has 3 unspecified atom stereocenters. The van der Waals surface area contributed by atoms with Crippen molar-refractivity contribution in [2.24, 2.45) is 5.41 Å². The molecule has 2 N–H and O–H groups in total. The third-order valence-electron chi connectivity index (χ3n) is 2.45. The Morgan fingerprint density at radius 1 is 1.47 bits per heavy atom. The molecule has 0 amide bonds. The van der Waals surface area contributed by atoms with Crippen LogP contribution in [-0.2, 0) is 9.53 Å². The second-order valence-electron chi connectivity index (χ2n) is 4.80. The first-order chi connectivity index (χ1) is 6.86. The molecule has 1 rings (SSSR count). The lowest BCUT2D eigenvalue weighted by Gasteiger charge is -2.36. The van der Waals surface area contributed by atoms with E-state index in [1.54, 1.807) is 7.11 Å². The number of alkyl halides is 1. The molecular weight excluding hydrogens is 216 g/mol. The number of Topliss-reactive ketones (excluding diaryl/α,β-unsaturated/α-hetero) is 1. The first-order valence-corrected chi connectivity index (χ1v) is 5.50. The van der Waals surface area contributed by atoms with Gasteiger partial charge in [-0.25, -0.2) is 0 Å². The SMILES string of the molecule is COC1NCC(Cl)C(C(=O)C(C)(C)C)N1.